The van der Waals surface area contributed by atoms with Gasteiger partial charge in [0.15, 0.2) is 0 Å². The normalized spacial score (nSPS) is 10.5. The number of hydrogen-bond acceptors (Lipinski definition) is 4. The first-order valence-corrected chi connectivity index (χ1v) is 7.02. The Kier molecular flexibility index (Phi) is 4.87. The Morgan fingerprint density at radius 2 is 2.05 bits per heavy atom. The Bertz CT molecular complexity index is 530. The van der Waals surface area contributed by atoms with E-state index in [0.29, 0.717) is 6.54 Å². The lowest BCUT2D eigenvalue weighted by Crippen LogP contribution is -2.25. The van der Waals surface area contributed by atoms with E-state index in [4.69, 9.17) is 5.73 Å². The monoisotopic (exact) mass is 320 g/mol. The van der Waals surface area contributed by atoms with Gasteiger partial charge in [0.1, 0.15) is 5.82 Å². The van der Waals surface area contributed by atoms with E-state index >= 15 is 0 Å². The lowest BCUT2D eigenvalue weighted by Gasteiger charge is -2.24. The van der Waals surface area contributed by atoms with Crippen LogP contribution in [0.5, 0.6) is 0 Å². The first-order chi connectivity index (χ1) is 9.24. The quantitative estimate of drug-likeness (QED) is 0.920. The molecule has 19 heavy (non-hydrogen) atoms. The van der Waals surface area contributed by atoms with Gasteiger partial charge in [0.2, 0.25) is 0 Å². The topological polar surface area (TPSA) is 55.0 Å². The minimum absolute atomic E-state index is 0.481. The summed E-state index contributed by atoms with van der Waals surface area (Å²) in [6.07, 6.45) is 5.42. The van der Waals surface area contributed by atoms with Crippen LogP contribution in [0.2, 0.25) is 0 Å². The molecular weight excluding hydrogens is 304 g/mol. The molecule has 0 aliphatic heterocycles. The van der Waals surface area contributed by atoms with Crippen molar-refractivity contribution in [2.45, 2.75) is 20.0 Å². The van der Waals surface area contributed by atoms with Crippen LogP contribution in [0.3, 0.4) is 0 Å². The minimum atomic E-state index is 0.481. The third-order valence-electron chi connectivity index (χ3n) is 2.93. The van der Waals surface area contributed by atoms with Gasteiger partial charge in [-0.3, -0.25) is 4.98 Å². The smallest absolute Gasteiger partial charge is 0.133 e. The Hall–Kier alpha value is -1.46. The third-order valence-corrected chi connectivity index (χ3v) is 3.37. The summed E-state index contributed by atoms with van der Waals surface area (Å²) >= 11 is 3.43. The lowest BCUT2D eigenvalue weighted by molar-refractivity contribution is 0.800. The Balaban J connectivity index is 2.27. The van der Waals surface area contributed by atoms with Crippen LogP contribution in [-0.2, 0) is 13.1 Å². The summed E-state index contributed by atoms with van der Waals surface area (Å²) in [6.45, 7) is 4.28. The maximum Gasteiger partial charge on any atom is 0.133 e. The lowest BCUT2D eigenvalue weighted by atomic mass is 10.2. The van der Waals surface area contributed by atoms with Crippen molar-refractivity contribution in [2.75, 3.05) is 11.4 Å². The molecule has 0 spiro atoms. The van der Waals surface area contributed by atoms with Crippen molar-refractivity contribution in [3.05, 3.63) is 52.4 Å². The van der Waals surface area contributed by atoms with Gasteiger partial charge < -0.3 is 10.6 Å². The highest BCUT2D eigenvalue weighted by atomic mass is 79.9. The fourth-order valence-corrected chi connectivity index (χ4v) is 2.33. The van der Waals surface area contributed by atoms with Gasteiger partial charge in [0.05, 0.1) is 0 Å². The summed E-state index contributed by atoms with van der Waals surface area (Å²) in [6, 6.07) is 6.06. The molecule has 0 saturated heterocycles. The molecule has 0 aromatic carbocycles. The standard InChI is InChI=1S/C14H17BrN4/c1-2-19(10-11-3-5-17-6-4-11)14-12(8-16)7-13(15)9-18-14/h3-7,9H,2,8,10,16H2,1H3. The van der Waals surface area contributed by atoms with E-state index in [-0.39, 0.29) is 0 Å². The molecule has 2 heterocycles. The van der Waals surface area contributed by atoms with Gasteiger partial charge in [-0.25, -0.2) is 4.98 Å². The maximum absolute atomic E-state index is 5.81. The largest absolute Gasteiger partial charge is 0.352 e. The van der Waals surface area contributed by atoms with E-state index in [1.54, 1.807) is 0 Å². The summed E-state index contributed by atoms with van der Waals surface area (Å²) in [4.78, 5) is 10.7. The van der Waals surface area contributed by atoms with Crippen LogP contribution >= 0.6 is 15.9 Å². The van der Waals surface area contributed by atoms with Crippen LogP contribution in [0.15, 0.2) is 41.3 Å². The predicted octanol–water partition coefficient (Wildman–Crippen LogP) is 2.72. The highest BCUT2D eigenvalue weighted by Crippen LogP contribution is 2.22. The summed E-state index contributed by atoms with van der Waals surface area (Å²) < 4.78 is 0.955. The van der Waals surface area contributed by atoms with Crippen molar-refractivity contribution in [1.82, 2.24) is 9.97 Å². The van der Waals surface area contributed by atoms with Crippen molar-refractivity contribution in [1.29, 1.82) is 0 Å². The van der Waals surface area contributed by atoms with Crippen LogP contribution in [0.4, 0.5) is 5.82 Å². The van der Waals surface area contributed by atoms with E-state index in [2.05, 4.69) is 37.7 Å². The van der Waals surface area contributed by atoms with Crippen molar-refractivity contribution in [2.24, 2.45) is 5.73 Å². The molecule has 0 unspecified atom stereocenters. The van der Waals surface area contributed by atoms with Gasteiger partial charge in [0, 0.05) is 48.3 Å². The molecule has 2 aromatic heterocycles. The summed E-state index contributed by atoms with van der Waals surface area (Å²) in [5, 5.41) is 0. The Labute approximate surface area is 121 Å². The van der Waals surface area contributed by atoms with E-state index in [9.17, 15) is 0 Å². The molecule has 0 radical (unpaired) electrons. The van der Waals surface area contributed by atoms with E-state index in [1.807, 2.05) is 36.8 Å². The number of hydrogen-bond donors (Lipinski definition) is 1. The maximum atomic E-state index is 5.81. The van der Waals surface area contributed by atoms with Crippen LogP contribution in [0.1, 0.15) is 18.1 Å². The molecular formula is C14H17BrN4. The SMILES string of the molecule is CCN(Cc1ccncc1)c1ncc(Br)cc1CN. The zero-order valence-electron chi connectivity index (χ0n) is 10.9. The zero-order chi connectivity index (χ0) is 13.7. The van der Waals surface area contributed by atoms with Crippen LogP contribution in [0, 0.1) is 0 Å². The fraction of sp³-hybridized carbons (Fsp3) is 0.286. The molecule has 5 heteroatoms. The van der Waals surface area contributed by atoms with Crippen molar-refractivity contribution < 1.29 is 0 Å². The number of rotatable bonds is 5. The molecule has 4 nitrogen and oxygen atoms in total. The average Bonchev–Trinajstić information content (AvgIpc) is 2.46. The second kappa shape index (κ2) is 6.63. The first-order valence-electron chi connectivity index (χ1n) is 6.23. The van der Waals surface area contributed by atoms with Crippen LogP contribution in [-0.4, -0.2) is 16.5 Å². The highest BCUT2D eigenvalue weighted by Gasteiger charge is 2.11. The zero-order valence-corrected chi connectivity index (χ0v) is 12.5. The molecule has 2 N–H and O–H groups in total. The number of halogens is 1. The van der Waals surface area contributed by atoms with Crippen molar-refractivity contribution in [3.63, 3.8) is 0 Å². The van der Waals surface area contributed by atoms with Crippen LogP contribution in [0.25, 0.3) is 0 Å². The number of pyridine rings is 2. The summed E-state index contributed by atoms with van der Waals surface area (Å²) in [7, 11) is 0. The molecule has 0 aliphatic carbocycles. The average molecular weight is 321 g/mol. The molecule has 0 aliphatic rings. The van der Waals surface area contributed by atoms with E-state index in [0.717, 1.165) is 28.9 Å². The van der Waals surface area contributed by atoms with Gasteiger partial charge in [0.25, 0.3) is 0 Å². The molecule has 0 atom stereocenters. The number of nitrogens with two attached hydrogens (primary N) is 1. The fourth-order valence-electron chi connectivity index (χ4n) is 1.95. The second-order valence-electron chi connectivity index (χ2n) is 4.21. The number of anilines is 1. The van der Waals surface area contributed by atoms with Gasteiger partial charge in [-0.15, -0.1) is 0 Å². The molecule has 0 saturated carbocycles. The molecule has 0 bridgehead atoms. The minimum Gasteiger partial charge on any atom is -0.352 e. The molecule has 0 fully saturated rings. The van der Waals surface area contributed by atoms with E-state index < -0.39 is 0 Å². The highest BCUT2D eigenvalue weighted by molar-refractivity contribution is 9.10. The van der Waals surface area contributed by atoms with Gasteiger partial charge >= 0.3 is 0 Å². The van der Waals surface area contributed by atoms with Gasteiger partial charge in [-0.05, 0) is 46.6 Å². The van der Waals surface area contributed by atoms with Gasteiger partial charge in [-0.2, -0.15) is 0 Å². The van der Waals surface area contributed by atoms with Crippen molar-refractivity contribution in [3.8, 4) is 0 Å². The number of aromatic nitrogens is 2. The number of nitrogens with zero attached hydrogens (tertiary/aromatic N) is 3. The molecule has 2 rings (SSSR count). The van der Waals surface area contributed by atoms with E-state index in [1.165, 1.54) is 5.56 Å². The predicted molar refractivity (Wildman–Crippen MR) is 80.8 cm³/mol. The molecule has 0 amide bonds. The van der Waals surface area contributed by atoms with Gasteiger partial charge in [-0.1, -0.05) is 0 Å². The summed E-state index contributed by atoms with van der Waals surface area (Å²) in [5.74, 6) is 0.949. The third kappa shape index (κ3) is 3.52. The summed E-state index contributed by atoms with van der Waals surface area (Å²) in [5.41, 5.74) is 8.07. The Morgan fingerprint density at radius 1 is 1.32 bits per heavy atom. The second-order valence-corrected chi connectivity index (χ2v) is 5.13. The molecule has 100 valence electrons. The molecule has 2 aromatic rings. The Morgan fingerprint density at radius 3 is 2.68 bits per heavy atom. The van der Waals surface area contributed by atoms with Crippen LogP contribution < -0.4 is 10.6 Å². The van der Waals surface area contributed by atoms with Crippen molar-refractivity contribution >= 4 is 21.7 Å². The first kappa shape index (κ1) is 14.0.